The Bertz CT molecular complexity index is 470. The number of alkyl halides is 2. The molecule has 0 unspecified atom stereocenters. The first-order valence-electron chi connectivity index (χ1n) is 6.99. The van der Waals surface area contributed by atoms with Crippen LogP contribution in [0.2, 0.25) is 0 Å². The molecule has 1 aromatic rings. The van der Waals surface area contributed by atoms with E-state index in [1.165, 1.54) is 12.1 Å². The smallest absolute Gasteiger partial charge is 0.387 e. The molecule has 116 valence electrons. The summed E-state index contributed by atoms with van der Waals surface area (Å²) in [5.41, 5.74) is 0.218. The molecule has 1 amide bonds. The lowest BCUT2D eigenvalue weighted by atomic mass is 9.98. The molecule has 1 aromatic carbocycles. The Balaban J connectivity index is 1.90. The zero-order chi connectivity index (χ0) is 15.3. The normalized spacial score (nSPS) is 17.0. The van der Waals surface area contributed by atoms with E-state index in [9.17, 15) is 18.7 Å². The predicted octanol–water partition coefficient (Wildman–Crippen LogP) is 2.25. The number of ether oxygens (including phenoxy) is 1. The van der Waals surface area contributed by atoms with Gasteiger partial charge in [-0.3, -0.25) is 4.79 Å². The van der Waals surface area contributed by atoms with Crippen LogP contribution in [-0.4, -0.2) is 29.8 Å². The highest BCUT2D eigenvalue weighted by molar-refractivity contribution is 5.79. The molecule has 4 nitrogen and oxygen atoms in total. The average molecular weight is 299 g/mol. The van der Waals surface area contributed by atoms with Crippen molar-refractivity contribution in [2.45, 2.75) is 44.3 Å². The van der Waals surface area contributed by atoms with Gasteiger partial charge in [-0.25, -0.2) is 0 Å². The Morgan fingerprint density at radius 2 is 1.90 bits per heavy atom. The van der Waals surface area contributed by atoms with Gasteiger partial charge >= 0.3 is 6.61 Å². The molecule has 0 spiro atoms. The predicted molar refractivity (Wildman–Crippen MR) is 73.2 cm³/mol. The molecule has 1 aliphatic rings. The van der Waals surface area contributed by atoms with Crippen molar-refractivity contribution in [2.75, 3.05) is 6.61 Å². The van der Waals surface area contributed by atoms with E-state index < -0.39 is 12.2 Å². The van der Waals surface area contributed by atoms with E-state index in [-0.39, 0.29) is 24.7 Å². The average Bonchev–Trinajstić information content (AvgIpc) is 2.89. The van der Waals surface area contributed by atoms with Crippen LogP contribution in [0, 0.1) is 0 Å². The highest BCUT2D eigenvalue weighted by Crippen LogP contribution is 2.29. The molecular formula is C15H19F2NO3. The quantitative estimate of drug-likeness (QED) is 0.847. The van der Waals surface area contributed by atoms with E-state index in [2.05, 4.69) is 10.1 Å². The molecule has 0 saturated heterocycles. The van der Waals surface area contributed by atoms with Gasteiger partial charge in [-0.05, 0) is 30.5 Å². The molecule has 0 aromatic heterocycles. The van der Waals surface area contributed by atoms with Crippen LogP contribution in [-0.2, 0) is 11.2 Å². The van der Waals surface area contributed by atoms with Crippen LogP contribution in [0.15, 0.2) is 24.3 Å². The molecule has 2 rings (SSSR count). The fourth-order valence-corrected chi connectivity index (χ4v) is 2.69. The molecule has 6 heteroatoms. The fraction of sp³-hybridized carbons (Fsp3) is 0.533. The zero-order valence-corrected chi connectivity index (χ0v) is 11.6. The zero-order valence-electron chi connectivity index (χ0n) is 11.6. The van der Waals surface area contributed by atoms with Gasteiger partial charge in [0.2, 0.25) is 5.91 Å². The van der Waals surface area contributed by atoms with Gasteiger partial charge < -0.3 is 15.2 Å². The van der Waals surface area contributed by atoms with E-state index in [4.69, 9.17) is 0 Å². The number of carbonyl (C=O) groups excluding carboxylic acids is 1. The molecular weight excluding hydrogens is 280 g/mol. The van der Waals surface area contributed by atoms with E-state index >= 15 is 0 Å². The molecule has 1 saturated carbocycles. The van der Waals surface area contributed by atoms with Crippen LogP contribution < -0.4 is 10.1 Å². The number of carbonyl (C=O) groups is 1. The number of amides is 1. The third kappa shape index (κ3) is 4.39. The Morgan fingerprint density at radius 3 is 2.43 bits per heavy atom. The standard InChI is InChI=1S/C15H19F2NO3/c16-14(17)21-12-5-3-11(4-6-12)9-13(20)18-15(10-19)7-1-2-8-15/h3-6,14,19H,1-2,7-10H2,(H,18,20). The lowest BCUT2D eigenvalue weighted by molar-refractivity contribution is -0.122. The molecule has 0 aliphatic heterocycles. The summed E-state index contributed by atoms with van der Waals surface area (Å²) in [5.74, 6) is -0.106. The SMILES string of the molecule is O=C(Cc1ccc(OC(F)F)cc1)NC1(CO)CCCC1. The Kier molecular flexibility index (Phi) is 5.12. The maximum atomic E-state index is 12.0. The van der Waals surface area contributed by atoms with Crippen molar-refractivity contribution in [3.05, 3.63) is 29.8 Å². The van der Waals surface area contributed by atoms with Crippen molar-refractivity contribution in [3.63, 3.8) is 0 Å². The summed E-state index contributed by atoms with van der Waals surface area (Å²) in [4.78, 5) is 12.0. The molecule has 1 fully saturated rings. The molecule has 1 aliphatic carbocycles. The molecule has 0 bridgehead atoms. The maximum Gasteiger partial charge on any atom is 0.387 e. The fourth-order valence-electron chi connectivity index (χ4n) is 2.69. The molecule has 21 heavy (non-hydrogen) atoms. The number of rotatable bonds is 6. The number of hydrogen-bond acceptors (Lipinski definition) is 3. The summed E-state index contributed by atoms with van der Waals surface area (Å²) in [6.07, 6.45) is 3.73. The van der Waals surface area contributed by atoms with Crippen molar-refractivity contribution < 1.29 is 23.4 Å². The number of hydrogen-bond donors (Lipinski definition) is 2. The minimum atomic E-state index is -2.86. The van der Waals surface area contributed by atoms with Crippen molar-refractivity contribution in [1.82, 2.24) is 5.32 Å². The van der Waals surface area contributed by atoms with Gasteiger partial charge in [0.25, 0.3) is 0 Å². The molecule has 2 N–H and O–H groups in total. The summed E-state index contributed by atoms with van der Waals surface area (Å²) in [6.45, 7) is -2.91. The van der Waals surface area contributed by atoms with Crippen LogP contribution >= 0.6 is 0 Å². The second-order valence-corrected chi connectivity index (χ2v) is 5.39. The van der Waals surface area contributed by atoms with E-state index in [1.54, 1.807) is 12.1 Å². The lowest BCUT2D eigenvalue weighted by Gasteiger charge is -2.28. The minimum absolute atomic E-state index is 0.0556. The minimum Gasteiger partial charge on any atom is -0.435 e. The van der Waals surface area contributed by atoms with Gasteiger partial charge in [0.15, 0.2) is 0 Å². The molecule has 0 radical (unpaired) electrons. The number of benzene rings is 1. The van der Waals surface area contributed by atoms with Crippen molar-refractivity contribution in [1.29, 1.82) is 0 Å². The lowest BCUT2D eigenvalue weighted by Crippen LogP contribution is -2.49. The highest BCUT2D eigenvalue weighted by Gasteiger charge is 2.34. The highest BCUT2D eigenvalue weighted by atomic mass is 19.3. The number of aliphatic hydroxyl groups is 1. The summed E-state index contributed by atoms with van der Waals surface area (Å²) in [5, 5.41) is 12.3. The Hall–Kier alpha value is -1.69. The number of aliphatic hydroxyl groups excluding tert-OH is 1. The third-order valence-corrected chi connectivity index (χ3v) is 3.78. The Morgan fingerprint density at radius 1 is 1.29 bits per heavy atom. The third-order valence-electron chi connectivity index (χ3n) is 3.78. The first-order valence-corrected chi connectivity index (χ1v) is 6.99. The molecule has 0 heterocycles. The van der Waals surface area contributed by atoms with E-state index in [0.717, 1.165) is 25.7 Å². The van der Waals surface area contributed by atoms with E-state index in [1.807, 2.05) is 0 Å². The van der Waals surface area contributed by atoms with Crippen LogP contribution in [0.3, 0.4) is 0 Å². The summed E-state index contributed by atoms with van der Waals surface area (Å²) < 4.78 is 28.3. The van der Waals surface area contributed by atoms with Crippen molar-refractivity contribution in [2.24, 2.45) is 0 Å². The van der Waals surface area contributed by atoms with Crippen LogP contribution in [0.1, 0.15) is 31.2 Å². The Labute approximate surface area is 122 Å². The van der Waals surface area contributed by atoms with Crippen molar-refractivity contribution >= 4 is 5.91 Å². The van der Waals surface area contributed by atoms with E-state index in [0.29, 0.717) is 5.56 Å². The second kappa shape index (κ2) is 6.85. The van der Waals surface area contributed by atoms with Gasteiger partial charge in [0.05, 0.1) is 18.6 Å². The topological polar surface area (TPSA) is 58.6 Å². The monoisotopic (exact) mass is 299 g/mol. The number of nitrogens with one attached hydrogen (secondary N) is 1. The summed E-state index contributed by atoms with van der Waals surface area (Å²) in [7, 11) is 0. The van der Waals surface area contributed by atoms with Gasteiger partial charge in [0, 0.05) is 0 Å². The number of halogens is 2. The maximum absolute atomic E-state index is 12.0. The van der Waals surface area contributed by atoms with Crippen LogP contribution in [0.5, 0.6) is 5.75 Å². The van der Waals surface area contributed by atoms with Gasteiger partial charge in [0.1, 0.15) is 5.75 Å². The second-order valence-electron chi connectivity index (χ2n) is 5.39. The summed E-state index contributed by atoms with van der Waals surface area (Å²) in [6, 6.07) is 5.98. The van der Waals surface area contributed by atoms with Crippen LogP contribution in [0.25, 0.3) is 0 Å². The molecule has 0 atom stereocenters. The van der Waals surface area contributed by atoms with Gasteiger partial charge in [-0.2, -0.15) is 8.78 Å². The largest absolute Gasteiger partial charge is 0.435 e. The first kappa shape index (κ1) is 15.7. The van der Waals surface area contributed by atoms with Crippen LogP contribution in [0.4, 0.5) is 8.78 Å². The van der Waals surface area contributed by atoms with Crippen molar-refractivity contribution in [3.8, 4) is 5.75 Å². The summed E-state index contributed by atoms with van der Waals surface area (Å²) >= 11 is 0. The first-order chi connectivity index (χ1) is 10.0. The van der Waals surface area contributed by atoms with Gasteiger partial charge in [-0.1, -0.05) is 25.0 Å². The van der Waals surface area contributed by atoms with Gasteiger partial charge in [-0.15, -0.1) is 0 Å².